The summed E-state index contributed by atoms with van der Waals surface area (Å²) in [5.74, 6) is 0. The predicted molar refractivity (Wildman–Crippen MR) is 198 cm³/mol. The lowest BCUT2D eigenvalue weighted by Gasteiger charge is -2.21. The number of hydrogen-bond donors (Lipinski definition) is 0. The lowest BCUT2D eigenvalue weighted by atomic mass is 9.82. The molecular weight excluding hydrogens is 553 g/mol. The van der Waals surface area contributed by atoms with Crippen molar-refractivity contribution in [2.45, 2.75) is 0 Å². The maximum absolute atomic E-state index is 2.35. The van der Waals surface area contributed by atoms with Crippen molar-refractivity contribution >= 4 is 43.1 Å². The molecular formula is C46H30. The molecule has 0 nitrogen and oxygen atoms in total. The summed E-state index contributed by atoms with van der Waals surface area (Å²) in [7, 11) is 0. The molecule has 0 radical (unpaired) electrons. The van der Waals surface area contributed by atoms with Crippen LogP contribution in [-0.2, 0) is 0 Å². The molecule has 0 saturated heterocycles. The molecule has 0 aliphatic rings. The molecule has 0 spiro atoms. The standard InChI is InChI=1S/C46H30/c1-2-12-31(13-3-1)33-24-27-35(28-25-33)44-41-19-8-9-20-42(41)45(40-22-10-17-34-15-6-7-18-38(34)40)43-23-11-21-39(46(43)44)37-29-26-32-14-4-5-16-36(32)30-37/h1-30H. The van der Waals surface area contributed by atoms with E-state index in [1.54, 1.807) is 0 Å². The van der Waals surface area contributed by atoms with Gasteiger partial charge in [0.05, 0.1) is 0 Å². The van der Waals surface area contributed by atoms with Crippen LogP contribution in [-0.4, -0.2) is 0 Å². The van der Waals surface area contributed by atoms with Gasteiger partial charge in [0.15, 0.2) is 0 Å². The molecule has 0 aliphatic heterocycles. The maximum atomic E-state index is 2.35. The lowest BCUT2D eigenvalue weighted by Crippen LogP contribution is -1.94. The fourth-order valence-electron chi connectivity index (χ4n) is 7.32. The molecule has 0 amide bonds. The highest BCUT2D eigenvalue weighted by atomic mass is 14.2. The Morgan fingerprint density at radius 1 is 0.239 bits per heavy atom. The quantitative estimate of drug-likeness (QED) is 0.181. The van der Waals surface area contributed by atoms with Crippen LogP contribution >= 0.6 is 0 Å². The van der Waals surface area contributed by atoms with Crippen molar-refractivity contribution in [3.63, 3.8) is 0 Å². The third-order valence-electron chi connectivity index (χ3n) is 9.45. The van der Waals surface area contributed by atoms with Gasteiger partial charge in [0, 0.05) is 0 Å². The zero-order valence-electron chi connectivity index (χ0n) is 25.3. The van der Waals surface area contributed by atoms with Gasteiger partial charge < -0.3 is 0 Å². The Morgan fingerprint density at radius 2 is 0.761 bits per heavy atom. The van der Waals surface area contributed by atoms with E-state index in [2.05, 4.69) is 182 Å². The van der Waals surface area contributed by atoms with Crippen molar-refractivity contribution in [2.75, 3.05) is 0 Å². The molecule has 0 bridgehead atoms. The van der Waals surface area contributed by atoms with Crippen LogP contribution in [0.15, 0.2) is 182 Å². The van der Waals surface area contributed by atoms with Gasteiger partial charge in [-0.05, 0) is 93.7 Å². The molecule has 0 heteroatoms. The van der Waals surface area contributed by atoms with Gasteiger partial charge in [-0.25, -0.2) is 0 Å². The Bertz CT molecular complexity index is 2550. The van der Waals surface area contributed by atoms with Gasteiger partial charge in [0.1, 0.15) is 0 Å². The minimum absolute atomic E-state index is 1.22. The lowest BCUT2D eigenvalue weighted by molar-refractivity contribution is 1.61. The molecule has 9 aromatic carbocycles. The van der Waals surface area contributed by atoms with E-state index in [0.29, 0.717) is 0 Å². The van der Waals surface area contributed by atoms with Crippen LogP contribution in [0.1, 0.15) is 0 Å². The summed E-state index contributed by atoms with van der Waals surface area (Å²) in [5.41, 5.74) is 9.97. The zero-order valence-corrected chi connectivity index (χ0v) is 25.3. The molecule has 46 heavy (non-hydrogen) atoms. The summed E-state index contributed by atoms with van der Waals surface area (Å²) in [4.78, 5) is 0. The largest absolute Gasteiger partial charge is 0.0622 e. The third-order valence-corrected chi connectivity index (χ3v) is 9.45. The molecule has 9 aromatic rings. The first-order valence-corrected chi connectivity index (χ1v) is 15.9. The van der Waals surface area contributed by atoms with Gasteiger partial charge in [-0.15, -0.1) is 0 Å². The van der Waals surface area contributed by atoms with Crippen LogP contribution in [0, 0.1) is 0 Å². The smallest absolute Gasteiger partial charge is 0.00141 e. The second-order valence-electron chi connectivity index (χ2n) is 12.1. The number of rotatable bonds is 4. The van der Waals surface area contributed by atoms with Crippen LogP contribution in [0.3, 0.4) is 0 Å². The highest BCUT2D eigenvalue weighted by Crippen LogP contribution is 2.48. The Balaban J connectivity index is 1.42. The summed E-state index contributed by atoms with van der Waals surface area (Å²) in [6.45, 7) is 0. The molecule has 0 atom stereocenters. The molecule has 0 aliphatic carbocycles. The first-order valence-electron chi connectivity index (χ1n) is 15.9. The van der Waals surface area contributed by atoms with Crippen molar-refractivity contribution in [1.29, 1.82) is 0 Å². The Labute approximate surface area is 268 Å². The number of fused-ring (bicyclic) bond motifs is 4. The highest BCUT2D eigenvalue weighted by molar-refractivity contribution is 6.26. The van der Waals surface area contributed by atoms with Gasteiger partial charge in [0.2, 0.25) is 0 Å². The van der Waals surface area contributed by atoms with E-state index in [1.165, 1.54) is 87.6 Å². The molecule has 214 valence electrons. The molecule has 0 saturated carbocycles. The van der Waals surface area contributed by atoms with Crippen molar-refractivity contribution in [1.82, 2.24) is 0 Å². The van der Waals surface area contributed by atoms with E-state index in [-0.39, 0.29) is 0 Å². The SMILES string of the molecule is c1ccc(-c2ccc(-c3c4ccccc4c(-c4cccc5ccccc45)c4cccc(-c5ccc6ccccc6c5)c34)cc2)cc1. The van der Waals surface area contributed by atoms with Gasteiger partial charge in [0.25, 0.3) is 0 Å². The van der Waals surface area contributed by atoms with Crippen LogP contribution < -0.4 is 0 Å². The van der Waals surface area contributed by atoms with Crippen LogP contribution in [0.5, 0.6) is 0 Å². The van der Waals surface area contributed by atoms with Crippen molar-refractivity contribution in [3.05, 3.63) is 182 Å². The van der Waals surface area contributed by atoms with E-state index in [4.69, 9.17) is 0 Å². The molecule has 0 unspecified atom stereocenters. The fourth-order valence-corrected chi connectivity index (χ4v) is 7.32. The van der Waals surface area contributed by atoms with E-state index < -0.39 is 0 Å². The first kappa shape index (κ1) is 26.4. The second kappa shape index (κ2) is 10.9. The average molecular weight is 583 g/mol. The number of benzene rings is 9. The predicted octanol–water partition coefficient (Wildman–Crippen LogP) is 13.0. The topological polar surface area (TPSA) is 0 Å². The second-order valence-corrected chi connectivity index (χ2v) is 12.1. The monoisotopic (exact) mass is 582 g/mol. The van der Waals surface area contributed by atoms with E-state index in [0.717, 1.165) is 0 Å². The van der Waals surface area contributed by atoms with E-state index in [1.807, 2.05) is 0 Å². The normalized spacial score (nSPS) is 11.5. The van der Waals surface area contributed by atoms with Crippen molar-refractivity contribution in [3.8, 4) is 44.5 Å². The van der Waals surface area contributed by atoms with Crippen LogP contribution in [0.2, 0.25) is 0 Å². The summed E-state index contributed by atoms with van der Waals surface area (Å²) in [6, 6.07) is 66.6. The minimum Gasteiger partial charge on any atom is -0.0622 e. The summed E-state index contributed by atoms with van der Waals surface area (Å²) < 4.78 is 0. The Hall–Kier alpha value is -5.98. The van der Waals surface area contributed by atoms with Gasteiger partial charge in [-0.1, -0.05) is 176 Å². The Kier molecular flexibility index (Phi) is 6.25. The summed E-state index contributed by atoms with van der Waals surface area (Å²) >= 11 is 0. The van der Waals surface area contributed by atoms with Crippen LogP contribution in [0.4, 0.5) is 0 Å². The molecule has 0 N–H and O–H groups in total. The minimum atomic E-state index is 1.22. The summed E-state index contributed by atoms with van der Waals surface area (Å²) in [5, 5.41) is 10.1. The van der Waals surface area contributed by atoms with Gasteiger partial charge >= 0.3 is 0 Å². The summed E-state index contributed by atoms with van der Waals surface area (Å²) in [6.07, 6.45) is 0. The molecule has 9 rings (SSSR count). The number of hydrogen-bond acceptors (Lipinski definition) is 0. The van der Waals surface area contributed by atoms with Crippen LogP contribution in [0.25, 0.3) is 87.6 Å². The maximum Gasteiger partial charge on any atom is -0.00141 e. The first-order chi connectivity index (χ1) is 22.8. The molecule has 0 aromatic heterocycles. The average Bonchev–Trinajstić information content (AvgIpc) is 3.14. The molecule has 0 heterocycles. The highest BCUT2D eigenvalue weighted by Gasteiger charge is 2.20. The third kappa shape index (κ3) is 4.30. The van der Waals surface area contributed by atoms with E-state index in [9.17, 15) is 0 Å². The van der Waals surface area contributed by atoms with Crippen molar-refractivity contribution in [2.24, 2.45) is 0 Å². The van der Waals surface area contributed by atoms with Crippen molar-refractivity contribution < 1.29 is 0 Å². The van der Waals surface area contributed by atoms with Gasteiger partial charge in [-0.2, -0.15) is 0 Å². The Morgan fingerprint density at radius 3 is 1.57 bits per heavy atom. The van der Waals surface area contributed by atoms with Gasteiger partial charge in [-0.3, -0.25) is 0 Å². The molecule has 0 fully saturated rings. The fraction of sp³-hybridized carbons (Fsp3) is 0. The zero-order chi connectivity index (χ0) is 30.5. The van der Waals surface area contributed by atoms with E-state index >= 15 is 0 Å².